The molecule has 0 bridgehead atoms. The maximum absolute atomic E-state index is 12.7. The Morgan fingerprint density at radius 2 is 2.12 bits per heavy atom. The molecule has 2 saturated heterocycles. The summed E-state index contributed by atoms with van der Waals surface area (Å²) in [6, 6.07) is 0.0298. The van der Waals surface area contributed by atoms with Crippen LogP contribution in [0.5, 0.6) is 0 Å². The maximum atomic E-state index is 12.7. The predicted octanol–water partition coefficient (Wildman–Crippen LogP) is 0.977. The Kier molecular flexibility index (Phi) is 3.47. The lowest BCUT2D eigenvalue weighted by molar-refractivity contribution is 0.0459. The first-order chi connectivity index (χ1) is 12.7. The fourth-order valence-corrected chi connectivity index (χ4v) is 3.88. The second kappa shape index (κ2) is 5.86. The summed E-state index contributed by atoms with van der Waals surface area (Å²) < 4.78 is 7.18. The molecule has 136 valence electrons. The second-order valence-electron chi connectivity index (χ2n) is 7.07. The van der Waals surface area contributed by atoms with Crippen molar-refractivity contribution >= 4 is 17.6 Å². The van der Waals surface area contributed by atoms with Gasteiger partial charge >= 0.3 is 6.03 Å². The van der Waals surface area contributed by atoms with E-state index in [-0.39, 0.29) is 18.0 Å². The molecule has 9 nitrogen and oxygen atoms in total. The number of fused-ring (bicyclic) bond motifs is 1. The molecule has 2 fully saturated rings. The van der Waals surface area contributed by atoms with E-state index in [2.05, 4.69) is 15.6 Å². The number of hydrogen-bond acceptors (Lipinski definition) is 5. The van der Waals surface area contributed by atoms with Gasteiger partial charge in [-0.05, 0) is 25.7 Å². The highest BCUT2D eigenvalue weighted by atomic mass is 16.5. The molecular formula is C17H20N6O3. The SMILES string of the molecule is O=C(c1onc2c1CCCC2)N1CC(n2cc(N3CCNC3=O)cn2)C1. The van der Waals surface area contributed by atoms with E-state index in [1.807, 2.05) is 10.9 Å². The molecule has 0 saturated carbocycles. The van der Waals surface area contributed by atoms with E-state index in [1.54, 1.807) is 16.0 Å². The molecule has 0 spiro atoms. The number of nitrogens with zero attached hydrogens (tertiary/aromatic N) is 5. The van der Waals surface area contributed by atoms with Crippen molar-refractivity contribution in [3.63, 3.8) is 0 Å². The minimum atomic E-state index is -0.0925. The molecule has 0 unspecified atom stereocenters. The predicted molar refractivity (Wildman–Crippen MR) is 91.1 cm³/mol. The largest absolute Gasteiger partial charge is 0.350 e. The summed E-state index contributed by atoms with van der Waals surface area (Å²) in [7, 11) is 0. The number of carbonyl (C=O) groups is 2. The van der Waals surface area contributed by atoms with Gasteiger partial charge in [0.1, 0.15) is 0 Å². The Balaban J connectivity index is 1.25. The fourth-order valence-electron chi connectivity index (χ4n) is 3.88. The number of anilines is 1. The van der Waals surface area contributed by atoms with Gasteiger partial charge in [-0.3, -0.25) is 14.4 Å². The Hall–Kier alpha value is -2.84. The van der Waals surface area contributed by atoms with Gasteiger partial charge in [-0.1, -0.05) is 5.16 Å². The summed E-state index contributed by atoms with van der Waals surface area (Å²) in [4.78, 5) is 27.9. The third-order valence-corrected chi connectivity index (χ3v) is 5.43. The Morgan fingerprint density at radius 3 is 2.92 bits per heavy atom. The van der Waals surface area contributed by atoms with E-state index in [4.69, 9.17) is 4.52 Å². The van der Waals surface area contributed by atoms with E-state index in [0.29, 0.717) is 31.9 Å². The van der Waals surface area contributed by atoms with Gasteiger partial charge in [0.25, 0.3) is 5.91 Å². The van der Waals surface area contributed by atoms with E-state index in [9.17, 15) is 9.59 Å². The van der Waals surface area contributed by atoms with Crippen molar-refractivity contribution in [1.29, 1.82) is 0 Å². The van der Waals surface area contributed by atoms with Gasteiger partial charge < -0.3 is 14.7 Å². The van der Waals surface area contributed by atoms with Gasteiger partial charge in [-0.25, -0.2) is 4.79 Å². The van der Waals surface area contributed by atoms with Crippen LogP contribution in [0.3, 0.4) is 0 Å². The second-order valence-corrected chi connectivity index (χ2v) is 7.07. The summed E-state index contributed by atoms with van der Waals surface area (Å²) in [5.41, 5.74) is 2.72. The smallest absolute Gasteiger partial charge is 0.322 e. The van der Waals surface area contributed by atoms with Crippen molar-refractivity contribution in [2.24, 2.45) is 0 Å². The number of likely N-dealkylation sites (tertiary alicyclic amines) is 1. The van der Waals surface area contributed by atoms with Crippen LogP contribution >= 0.6 is 0 Å². The molecule has 9 heteroatoms. The number of urea groups is 1. The number of aryl methyl sites for hydroxylation is 1. The first-order valence-corrected chi connectivity index (χ1v) is 9.07. The molecule has 2 aromatic rings. The van der Waals surface area contributed by atoms with Crippen LogP contribution < -0.4 is 10.2 Å². The van der Waals surface area contributed by atoms with Crippen LogP contribution in [-0.4, -0.2) is 58.0 Å². The van der Waals surface area contributed by atoms with Gasteiger partial charge in [0, 0.05) is 37.9 Å². The molecule has 0 aromatic carbocycles. The highest BCUT2D eigenvalue weighted by molar-refractivity contribution is 5.94. The van der Waals surface area contributed by atoms with Crippen LogP contribution in [0, 0.1) is 0 Å². The molecule has 0 atom stereocenters. The third kappa shape index (κ3) is 2.38. The number of hydrogen-bond donors (Lipinski definition) is 1. The van der Waals surface area contributed by atoms with Gasteiger partial charge in [0.15, 0.2) is 0 Å². The topological polar surface area (TPSA) is 96.5 Å². The zero-order valence-corrected chi connectivity index (χ0v) is 14.3. The molecule has 0 radical (unpaired) electrons. The Bertz CT molecular complexity index is 866. The van der Waals surface area contributed by atoms with Crippen molar-refractivity contribution in [2.45, 2.75) is 31.7 Å². The van der Waals surface area contributed by atoms with Gasteiger partial charge in [0.05, 0.1) is 23.6 Å². The maximum Gasteiger partial charge on any atom is 0.322 e. The van der Waals surface area contributed by atoms with Crippen molar-refractivity contribution in [3.8, 4) is 0 Å². The van der Waals surface area contributed by atoms with Crippen molar-refractivity contribution in [2.75, 3.05) is 31.1 Å². The van der Waals surface area contributed by atoms with Gasteiger partial charge in [-0.2, -0.15) is 5.10 Å². The van der Waals surface area contributed by atoms with Crippen molar-refractivity contribution in [3.05, 3.63) is 29.4 Å². The first-order valence-electron chi connectivity index (χ1n) is 9.07. The van der Waals surface area contributed by atoms with Crippen molar-refractivity contribution in [1.82, 2.24) is 25.2 Å². The Labute approximate surface area is 149 Å². The minimum absolute atomic E-state index is 0.0804. The molecule has 4 heterocycles. The van der Waals surface area contributed by atoms with Crippen LogP contribution in [0.2, 0.25) is 0 Å². The number of aromatic nitrogens is 3. The van der Waals surface area contributed by atoms with E-state index >= 15 is 0 Å². The summed E-state index contributed by atoms with van der Waals surface area (Å²) in [6.45, 7) is 2.47. The standard InChI is InChI=1S/C17H20N6O3/c24-16(15-13-3-1-2-4-14(13)20-26-15)21-8-12(9-21)23-10-11(7-19-23)22-6-5-18-17(22)25/h7,10,12H,1-6,8-9H2,(H,18,25). The molecule has 2 aromatic heterocycles. The lowest BCUT2D eigenvalue weighted by atomic mass is 9.95. The zero-order chi connectivity index (χ0) is 17.7. The van der Waals surface area contributed by atoms with Crippen LogP contribution in [0.15, 0.2) is 16.9 Å². The fraction of sp³-hybridized carbons (Fsp3) is 0.529. The number of nitrogens with one attached hydrogen (secondary N) is 1. The van der Waals surface area contributed by atoms with Crippen LogP contribution in [0.1, 0.15) is 40.7 Å². The number of rotatable bonds is 3. The first kappa shape index (κ1) is 15.4. The molecular weight excluding hydrogens is 336 g/mol. The molecule has 3 aliphatic rings. The third-order valence-electron chi connectivity index (χ3n) is 5.43. The number of amides is 3. The average Bonchev–Trinajstić information content (AvgIpc) is 3.32. The quantitative estimate of drug-likeness (QED) is 0.884. The summed E-state index contributed by atoms with van der Waals surface area (Å²) in [5, 5.41) is 11.2. The lowest BCUT2D eigenvalue weighted by Crippen LogP contribution is -2.51. The van der Waals surface area contributed by atoms with Crippen molar-refractivity contribution < 1.29 is 14.1 Å². The molecule has 1 aliphatic carbocycles. The summed E-state index contributed by atoms with van der Waals surface area (Å²) in [6.07, 6.45) is 7.52. The molecule has 5 rings (SSSR count). The summed E-state index contributed by atoms with van der Waals surface area (Å²) >= 11 is 0. The van der Waals surface area contributed by atoms with E-state index < -0.39 is 0 Å². The van der Waals surface area contributed by atoms with Gasteiger partial charge in [0.2, 0.25) is 5.76 Å². The van der Waals surface area contributed by atoms with E-state index in [1.165, 1.54) is 0 Å². The van der Waals surface area contributed by atoms with Crippen LogP contribution in [0.25, 0.3) is 0 Å². The monoisotopic (exact) mass is 356 g/mol. The molecule has 26 heavy (non-hydrogen) atoms. The average molecular weight is 356 g/mol. The zero-order valence-electron chi connectivity index (χ0n) is 14.3. The normalized spacial score (nSPS) is 20.1. The molecule has 3 amide bonds. The van der Waals surface area contributed by atoms with E-state index in [0.717, 1.165) is 42.6 Å². The highest BCUT2D eigenvalue weighted by Gasteiger charge is 2.37. The highest BCUT2D eigenvalue weighted by Crippen LogP contribution is 2.29. The molecule has 2 aliphatic heterocycles. The van der Waals surface area contributed by atoms with Crippen LogP contribution in [-0.2, 0) is 12.8 Å². The number of carbonyl (C=O) groups excluding carboxylic acids is 2. The van der Waals surface area contributed by atoms with Gasteiger partial charge in [-0.15, -0.1) is 0 Å². The Morgan fingerprint density at radius 1 is 1.27 bits per heavy atom. The summed E-state index contributed by atoms with van der Waals surface area (Å²) in [5.74, 6) is 0.330. The molecule has 1 N–H and O–H groups in total. The van der Waals surface area contributed by atoms with Crippen LogP contribution in [0.4, 0.5) is 10.5 Å². The lowest BCUT2D eigenvalue weighted by Gasteiger charge is -2.38. The minimum Gasteiger partial charge on any atom is -0.350 e.